The molecule has 3 amide bonds. The second-order valence-electron chi connectivity index (χ2n) is 6.83. The van der Waals surface area contributed by atoms with Crippen molar-refractivity contribution in [2.45, 2.75) is 44.5 Å². The maximum atomic E-state index is 12.7. The molecule has 0 aromatic carbocycles. The normalized spacial score (nSPS) is 21.8. The van der Waals surface area contributed by atoms with E-state index in [1.54, 1.807) is 18.4 Å². The van der Waals surface area contributed by atoms with E-state index in [-0.39, 0.29) is 24.1 Å². The van der Waals surface area contributed by atoms with Crippen LogP contribution in [0.15, 0.2) is 16.4 Å². The fourth-order valence-electron chi connectivity index (χ4n) is 3.17. The van der Waals surface area contributed by atoms with E-state index < -0.39 is 12.0 Å². The number of nitrogens with one attached hydrogen (secondary N) is 2. The fourth-order valence-corrected chi connectivity index (χ4v) is 5.12. The largest absolute Gasteiger partial charge is 0.450 e. The van der Waals surface area contributed by atoms with E-state index in [4.69, 9.17) is 4.74 Å². The summed E-state index contributed by atoms with van der Waals surface area (Å²) in [6, 6.07) is 2.14. The van der Waals surface area contributed by atoms with Crippen LogP contribution in [-0.4, -0.2) is 64.9 Å². The maximum absolute atomic E-state index is 12.7. The molecule has 152 valence electrons. The third-order valence-corrected chi connectivity index (χ3v) is 6.85. The van der Waals surface area contributed by atoms with Crippen molar-refractivity contribution >= 4 is 51.1 Å². The summed E-state index contributed by atoms with van der Waals surface area (Å²) >= 11 is 2.73. The van der Waals surface area contributed by atoms with Crippen LogP contribution in [0.4, 0.5) is 9.80 Å². The molecule has 1 aromatic heterocycles. The lowest BCUT2D eigenvalue weighted by atomic mass is 10.0. The number of piperidine rings is 1. The summed E-state index contributed by atoms with van der Waals surface area (Å²) in [7, 11) is 0. The molecule has 1 saturated heterocycles. The Balaban J connectivity index is 1.63. The van der Waals surface area contributed by atoms with Gasteiger partial charge >= 0.3 is 6.09 Å². The molecule has 2 N–H and O–H groups in total. The molecule has 2 atom stereocenters. The summed E-state index contributed by atoms with van der Waals surface area (Å²) in [6.45, 7) is 8.02. The number of thiophene rings is 1. The van der Waals surface area contributed by atoms with Gasteiger partial charge in [-0.2, -0.15) is 0 Å². The smallest absolute Gasteiger partial charge is 0.414 e. The molecule has 0 aliphatic carbocycles. The van der Waals surface area contributed by atoms with Crippen molar-refractivity contribution in [1.82, 2.24) is 10.2 Å². The molecule has 0 bridgehead atoms. The Kier molecular flexibility index (Phi) is 6.73. The first kappa shape index (κ1) is 20.8. The number of anilines is 1. The van der Waals surface area contributed by atoms with Crippen LogP contribution in [0.5, 0.6) is 0 Å². The van der Waals surface area contributed by atoms with Crippen LogP contribution in [0.2, 0.25) is 0 Å². The van der Waals surface area contributed by atoms with Gasteiger partial charge in [0.15, 0.2) is 5.04 Å². The van der Waals surface area contributed by atoms with Crippen molar-refractivity contribution in [3.63, 3.8) is 0 Å². The lowest BCUT2D eigenvalue weighted by Crippen LogP contribution is -2.46. The predicted octanol–water partition coefficient (Wildman–Crippen LogP) is 2.57. The van der Waals surface area contributed by atoms with Gasteiger partial charge in [-0.15, -0.1) is 11.3 Å². The van der Waals surface area contributed by atoms with Gasteiger partial charge in [0.1, 0.15) is 5.00 Å². The number of carbonyl (C=O) groups is 3. The van der Waals surface area contributed by atoms with E-state index >= 15 is 0 Å². The molecular weight excluding hydrogens is 400 g/mol. The Morgan fingerprint density at radius 3 is 2.86 bits per heavy atom. The SMILES string of the molecule is CCOC(=O)NC(=O)c1ccsc1NC(=O)C1=NC2CN(C(C)C)CCC2S1. The molecule has 1 aromatic rings. The number of amides is 3. The first-order valence-electron chi connectivity index (χ1n) is 9.24. The number of carbonyl (C=O) groups excluding carboxylic acids is 3. The van der Waals surface area contributed by atoms with Crippen molar-refractivity contribution < 1.29 is 19.1 Å². The predicted molar refractivity (Wildman–Crippen MR) is 111 cm³/mol. The van der Waals surface area contributed by atoms with E-state index in [9.17, 15) is 14.4 Å². The Morgan fingerprint density at radius 2 is 2.14 bits per heavy atom. The highest BCUT2D eigenvalue weighted by molar-refractivity contribution is 8.16. The molecular formula is C18H24N4O4S2. The molecule has 10 heteroatoms. The number of imide groups is 1. The highest BCUT2D eigenvalue weighted by atomic mass is 32.2. The van der Waals surface area contributed by atoms with Crippen LogP contribution in [0.1, 0.15) is 37.6 Å². The number of hydrogen-bond acceptors (Lipinski definition) is 8. The van der Waals surface area contributed by atoms with Crippen molar-refractivity contribution in [2.75, 3.05) is 25.0 Å². The number of thioether (sulfide) groups is 1. The van der Waals surface area contributed by atoms with E-state index in [2.05, 4.69) is 34.4 Å². The van der Waals surface area contributed by atoms with E-state index in [0.717, 1.165) is 19.5 Å². The first-order valence-corrected chi connectivity index (χ1v) is 11.0. The Bertz CT molecular complexity index is 792. The van der Waals surface area contributed by atoms with E-state index in [1.807, 2.05) is 0 Å². The fraction of sp³-hybridized carbons (Fsp3) is 0.556. The molecule has 2 unspecified atom stereocenters. The maximum Gasteiger partial charge on any atom is 0.414 e. The van der Waals surface area contributed by atoms with Gasteiger partial charge in [-0.3, -0.25) is 24.8 Å². The molecule has 0 saturated carbocycles. The van der Waals surface area contributed by atoms with Crippen LogP contribution >= 0.6 is 23.1 Å². The zero-order chi connectivity index (χ0) is 20.3. The van der Waals surface area contributed by atoms with Crippen LogP contribution in [0.3, 0.4) is 0 Å². The van der Waals surface area contributed by atoms with E-state index in [1.165, 1.54) is 23.1 Å². The van der Waals surface area contributed by atoms with Crippen molar-refractivity contribution in [2.24, 2.45) is 4.99 Å². The average Bonchev–Trinajstić information content (AvgIpc) is 3.27. The van der Waals surface area contributed by atoms with E-state index in [0.29, 0.717) is 21.3 Å². The standard InChI is InChI=1S/C18H24N4O4S2/c1-4-26-18(25)21-14(23)11-6-8-27-16(11)20-15(24)17-19-12-9-22(10(2)3)7-5-13(12)28-17/h6,8,10,12-13H,4-5,7,9H2,1-3H3,(H,20,24)(H,21,23,25). The summed E-state index contributed by atoms with van der Waals surface area (Å²) < 4.78 is 4.71. The molecule has 28 heavy (non-hydrogen) atoms. The summed E-state index contributed by atoms with van der Waals surface area (Å²) in [5.74, 6) is -0.930. The molecule has 3 rings (SSSR count). The van der Waals surface area contributed by atoms with Gasteiger partial charge in [-0.25, -0.2) is 4.79 Å². The van der Waals surface area contributed by atoms with Gasteiger partial charge in [-0.05, 0) is 45.2 Å². The summed E-state index contributed by atoms with van der Waals surface area (Å²) in [4.78, 5) is 43.3. The third-order valence-electron chi connectivity index (χ3n) is 4.65. The van der Waals surface area contributed by atoms with Crippen LogP contribution in [0.25, 0.3) is 0 Å². The van der Waals surface area contributed by atoms with Gasteiger partial charge in [0.05, 0.1) is 18.2 Å². The first-order chi connectivity index (χ1) is 13.4. The number of likely N-dealkylation sites (tertiary alicyclic amines) is 1. The number of ether oxygens (including phenoxy) is 1. The number of nitrogens with zero attached hydrogens (tertiary/aromatic N) is 2. The van der Waals surface area contributed by atoms with Crippen LogP contribution in [-0.2, 0) is 9.53 Å². The van der Waals surface area contributed by atoms with Gasteiger partial charge < -0.3 is 10.1 Å². The van der Waals surface area contributed by atoms with Gasteiger partial charge in [0.2, 0.25) is 0 Å². The Labute approximate surface area is 172 Å². The highest BCUT2D eigenvalue weighted by Gasteiger charge is 2.38. The molecule has 1 fully saturated rings. The Hall–Kier alpha value is -1.91. The van der Waals surface area contributed by atoms with Gasteiger partial charge in [0, 0.05) is 17.8 Å². The number of aliphatic imine (C=N–C) groups is 1. The zero-order valence-corrected chi connectivity index (χ0v) is 17.7. The molecule has 0 radical (unpaired) electrons. The molecule has 8 nitrogen and oxygen atoms in total. The molecule has 2 aliphatic heterocycles. The van der Waals surface area contributed by atoms with Gasteiger partial charge in [-0.1, -0.05) is 11.8 Å². The summed E-state index contributed by atoms with van der Waals surface area (Å²) in [5, 5.41) is 7.74. The summed E-state index contributed by atoms with van der Waals surface area (Å²) in [6.07, 6.45) is 0.186. The third kappa shape index (κ3) is 4.73. The minimum absolute atomic E-state index is 0.122. The van der Waals surface area contributed by atoms with Gasteiger partial charge in [0.25, 0.3) is 11.8 Å². The van der Waals surface area contributed by atoms with Crippen LogP contribution in [0, 0.1) is 0 Å². The molecule has 3 heterocycles. The zero-order valence-electron chi connectivity index (χ0n) is 16.1. The second-order valence-corrected chi connectivity index (χ2v) is 8.97. The molecule has 0 spiro atoms. The minimum Gasteiger partial charge on any atom is -0.450 e. The minimum atomic E-state index is -0.814. The number of fused-ring (bicyclic) bond motifs is 1. The lowest BCUT2D eigenvalue weighted by molar-refractivity contribution is -0.110. The van der Waals surface area contributed by atoms with Crippen LogP contribution < -0.4 is 10.6 Å². The molecule has 2 aliphatic rings. The summed E-state index contributed by atoms with van der Waals surface area (Å²) in [5.41, 5.74) is 0.221. The van der Waals surface area contributed by atoms with Crippen molar-refractivity contribution in [3.8, 4) is 0 Å². The highest BCUT2D eigenvalue weighted by Crippen LogP contribution is 2.34. The lowest BCUT2D eigenvalue weighted by Gasteiger charge is -2.35. The van der Waals surface area contributed by atoms with Crippen molar-refractivity contribution in [3.05, 3.63) is 17.0 Å². The Morgan fingerprint density at radius 1 is 1.36 bits per heavy atom. The van der Waals surface area contributed by atoms with Crippen molar-refractivity contribution in [1.29, 1.82) is 0 Å². The second kappa shape index (κ2) is 9.06. The average molecular weight is 425 g/mol. The monoisotopic (exact) mass is 424 g/mol. The number of rotatable bonds is 5. The number of hydrogen-bond donors (Lipinski definition) is 2. The quantitative estimate of drug-likeness (QED) is 0.754. The topological polar surface area (TPSA) is 100 Å². The number of alkyl carbamates (subject to hydrolysis) is 1.